The van der Waals surface area contributed by atoms with Crippen LogP contribution in [-0.2, 0) is 14.6 Å². The van der Waals surface area contributed by atoms with Crippen LogP contribution in [0.25, 0.3) is 0 Å². The van der Waals surface area contributed by atoms with Crippen LogP contribution in [0.2, 0.25) is 0 Å². The third kappa shape index (κ3) is 2.33. The monoisotopic (exact) mass is 260 g/mol. The Hall–Kier alpha value is -1.94. The summed E-state index contributed by atoms with van der Waals surface area (Å²) in [7, 11) is -3.67. The fourth-order valence-corrected chi connectivity index (χ4v) is 3.22. The van der Waals surface area contributed by atoms with Crippen molar-refractivity contribution in [3.8, 4) is 0 Å². The molecule has 18 heavy (non-hydrogen) atoms. The molecule has 1 atom stereocenters. The van der Waals surface area contributed by atoms with Crippen LogP contribution in [0.3, 0.4) is 0 Å². The molecule has 3 nitrogen and oxygen atoms in total. The summed E-state index contributed by atoms with van der Waals surface area (Å²) in [5.41, 5.74) is 0.483. The van der Waals surface area contributed by atoms with Crippen LogP contribution >= 0.6 is 0 Å². The summed E-state index contributed by atoms with van der Waals surface area (Å²) in [5.74, 6) is 0. The van der Waals surface area contributed by atoms with Gasteiger partial charge in [0.1, 0.15) is 11.5 Å². The van der Waals surface area contributed by atoms with E-state index < -0.39 is 15.1 Å². The van der Waals surface area contributed by atoms with Gasteiger partial charge in [0.2, 0.25) is 0 Å². The molecular weight excluding hydrogens is 248 g/mol. The second kappa shape index (κ2) is 5.14. The third-order valence-corrected chi connectivity index (χ3v) is 4.64. The van der Waals surface area contributed by atoms with Crippen LogP contribution in [0, 0.1) is 0 Å². The molecule has 0 amide bonds. The maximum absolute atomic E-state index is 12.3. The molecule has 0 radical (unpaired) electrons. The lowest BCUT2D eigenvalue weighted by Gasteiger charge is -2.12. The van der Waals surface area contributed by atoms with Crippen LogP contribution < -0.4 is 0 Å². The molecule has 4 heteroatoms. The van der Waals surface area contributed by atoms with Gasteiger partial charge in [0, 0.05) is 0 Å². The Bertz CT molecular complexity index is 619. The predicted molar refractivity (Wildman–Crippen MR) is 68.9 cm³/mol. The van der Waals surface area contributed by atoms with E-state index in [-0.39, 0.29) is 4.90 Å². The van der Waals surface area contributed by atoms with Gasteiger partial charge in [-0.25, -0.2) is 8.42 Å². The zero-order valence-corrected chi connectivity index (χ0v) is 10.4. The zero-order valence-electron chi connectivity index (χ0n) is 9.56. The Balaban J connectivity index is 2.49. The maximum Gasteiger partial charge on any atom is 0.192 e. The highest BCUT2D eigenvalue weighted by atomic mass is 32.2. The van der Waals surface area contributed by atoms with Crippen molar-refractivity contribution in [2.75, 3.05) is 0 Å². The molecule has 0 saturated heterocycles. The van der Waals surface area contributed by atoms with Gasteiger partial charge in [0.15, 0.2) is 9.84 Å². The van der Waals surface area contributed by atoms with E-state index >= 15 is 0 Å². The van der Waals surface area contributed by atoms with E-state index in [0.717, 1.165) is 0 Å². The Labute approximate surface area is 106 Å². The molecule has 0 aliphatic carbocycles. The summed E-state index contributed by atoms with van der Waals surface area (Å²) >= 11 is 0. The molecule has 0 spiro atoms. The second-order valence-corrected chi connectivity index (χ2v) is 5.89. The Morgan fingerprint density at radius 3 is 1.83 bits per heavy atom. The number of hydrogen-bond donors (Lipinski definition) is 0. The van der Waals surface area contributed by atoms with Gasteiger partial charge < -0.3 is 4.79 Å². The molecule has 2 aromatic rings. The standard InChI is InChI=1S/C14H12O3S/c15-11-14(12-7-3-1-4-8-12)18(16,17)13-9-5-2-6-10-13/h1-11,14H. The van der Waals surface area contributed by atoms with E-state index in [4.69, 9.17) is 0 Å². The molecule has 0 aromatic heterocycles. The maximum atomic E-state index is 12.3. The van der Waals surface area contributed by atoms with Crippen molar-refractivity contribution < 1.29 is 13.2 Å². The van der Waals surface area contributed by atoms with Gasteiger partial charge in [-0.05, 0) is 17.7 Å². The van der Waals surface area contributed by atoms with Crippen LogP contribution in [0.4, 0.5) is 0 Å². The average molecular weight is 260 g/mol. The number of rotatable bonds is 4. The van der Waals surface area contributed by atoms with Gasteiger partial charge in [0.25, 0.3) is 0 Å². The molecule has 2 rings (SSSR count). The van der Waals surface area contributed by atoms with Crippen LogP contribution in [0.5, 0.6) is 0 Å². The van der Waals surface area contributed by atoms with E-state index in [2.05, 4.69) is 0 Å². The molecule has 0 bridgehead atoms. The Morgan fingerprint density at radius 2 is 1.33 bits per heavy atom. The van der Waals surface area contributed by atoms with Crippen molar-refractivity contribution >= 4 is 16.1 Å². The Morgan fingerprint density at radius 1 is 0.833 bits per heavy atom. The number of carbonyl (C=O) groups excluding carboxylic acids is 1. The van der Waals surface area contributed by atoms with Gasteiger partial charge in [-0.1, -0.05) is 48.5 Å². The quantitative estimate of drug-likeness (QED) is 0.793. The number of aldehydes is 1. The first kappa shape index (κ1) is 12.5. The van der Waals surface area contributed by atoms with Gasteiger partial charge >= 0.3 is 0 Å². The van der Waals surface area contributed by atoms with Crippen molar-refractivity contribution in [1.29, 1.82) is 0 Å². The van der Waals surface area contributed by atoms with Gasteiger partial charge in [-0.15, -0.1) is 0 Å². The lowest BCUT2D eigenvalue weighted by atomic mass is 10.2. The minimum Gasteiger partial charge on any atom is -0.302 e. The van der Waals surface area contributed by atoms with Gasteiger partial charge in [-0.2, -0.15) is 0 Å². The normalized spacial score (nSPS) is 12.9. The summed E-state index contributed by atoms with van der Waals surface area (Å²) in [4.78, 5) is 11.3. The molecular formula is C14H12O3S. The van der Waals surface area contributed by atoms with E-state index in [0.29, 0.717) is 11.8 Å². The molecule has 92 valence electrons. The van der Waals surface area contributed by atoms with E-state index in [9.17, 15) is 13.2 Å². The molecule has 0 heterocycles. The van der Waals surface area contributed by atoms with Crippen LogP contribution in [0.15, 0.2) is 65.6 Å². The summed E-state index contributed by atoms with van der Waals surface area (Å²) in [6.07, 6.45) is 0.470. The van der Waals surface area contributed by atoms with Gasteiger partial charge in [0.05, 0.1) is 4.90 Å². The van der Waals surface area contributed by atoms with Crippen LogP contribution in [0.1, 0.15) is 10.8 Å². The van der Waals surface area contributed by atoms with Crippen molar-refractivity contribution in [2.45, 2.75) is 10.1 Å². The fraction of sp³-hybridized carbons (Fsp3) is 0.0714. The molecule has 1 unspecified atom stereocenters. The molecule has 0 aliphatic rings. The lowest BCUT2D eigenvalue weighted by Crippen LogP contribution is -2.15. The fourth-order valence-electron chi connectivity index (χ4n) is 1.73. The average Bonchev–Trinajstić information content (AvgIpc) is 2.41. The smallest absolute Gasteiger partial charge is 0.192 e. The molecule has 0 fully saturated rings. The number of hydrogen-bond acceptors (Lipinski definition) is 3. The largest absolute Gasteiger partial charge is 0.302 e. The Kier molecular flexibility index (Phi) is 3.58. The molecule has 0 N–H and O–H groups in total. The zero-order chi connectivity index (χ0) is 13.0. The molecule has 0 saturated carbocycles. The third-order valence-electron chi connectivity index (χ3n) is 2.66. The van der Waals surface area contributed by atoms with E-state index in [1.807, 2.05) is 0 Å². The number of sulfone groups is 1. The molecule has 2 aromatic carbocycles. The lowest BCUT2D eigenvalue weighted by molar-refractivity contribution is -0.107. The number of carbonyl (C=O) groups is 1. The first-order chi connectivity index (χ1) is 8.66. The highest BCUT2D eigenvalue weighted by Crippen LogP contribution is 2.26. The van der Waals surface area contributed by atoms with Crippen molar-refractivity contribution in [1.82, 2.24) is 0 Å². The summed E-state index contributed by atoms with van der Waals surface area (Å²) in [6, 6.07) is 16.5. The van der Waals surface area contributed by atoms with E-state index in [1.54, 1.807) is 48.5 Å². The van der Waals surface area contributed by atoms with Crippen molar-refractivity contribution in [3.63, 3.8) is 0 Å². The highest BCUT2D eigenvalue weighted by Gasteiger charge is 2.28. The SMILES string of the molecule is O=CC(c1ccccc1)S(=O)(=O)c1ccccc1. The van der Waals surface area contributed by atoms with Crippen LogP contribution in [-0.4, -0.2) is 14.7 Å². The summed E-state index contributed by atoms with van der Waals surface area (Å²) < 4.78 is 24.7. The van der Waals surface area contributed by atoms with E-state index in [1.165, 1.54) is 12.1 Å². The minimum absolute atomic E-state index is 0.158. The van der Waals surface area contributed by atoms with Crippen molar-refractivity contribution in [3.05, 3.63) is 66.2 Å². The minimum atomic E-state index is -3.67. The first-order valence-electron chi connectivity index (χ1n) is 5.45. The predicted octanol–water partition coefficient (Wildman–Crippen LogP) is 2.40. The second-order valence-electron chi connectivity index (χ2n) is 3.83. The summed E-state index contributed by atoms with van der Waals surface area (Å²) in [6.45, 7) is 0. The number of benzene rings is 2. The first-order valence-corrected chi connectivity index (χ1v) is 7.00. The van der Waals surface area contributed by atoms with Gasteiger partial charge in [-0.3, -0.25) is 0 Å². The highest BCUT2D eigenvalue weighted by molar-refractivity contribution is 7.92. The van der Waals surface area contributed by atoms with Crippen molar-refractivity contribution in [2.24, 2.45) is 0 Å². The molecule has 0 aliphatic heterocycles. The summed E-state index contributed by atoms with van der Waals surface area (Å²) in [5, 5.41) is -1.15. The topological polar surface area (TPSA) is 51.2 Å².